The number of fused-ring (bicyclic) bond motifs is 1. The maximum Gasteiger partial charge on any atom is 0.310 e. The first-order valence-electron chi connectivity index (χ1n) is 12.2. The Balaban J connectivity index is 1.36. The lowest BCUT2D eigenvalue weighted by Crippen LogP contribution is -2.34. The van der Waals surface area contributed by atoms with E-state index in [2.05, 4.69) is 18.2 Å². The molecule has 1 aliphatic heterocycles. The van der Waals surface area contributed by atoms with Gasteiger partial charge >= 0.3 is 5.97 Å². The molecule has 0 spiro atoms. The zero-order valence-corrected chi connectivity index (χ0v) is 19.8. The number of carbonyl (C=O) groups is 2. The molecule has 1 heterocycles. The molecule has 3 aromatic carbocycles. The summed E-state index contributed by atoms with van der Waals surface area (Å²) in [5.74, 6) is -1.20. The number of rotatable bonds is 6. The molecule has 2 aliphatic rings. The van der Waals surface area contributed by atoms with Gasteiger partial charge in [0.1, 0.15) is 5.82 Å². The monoisotopic (exact) mass is 482 g/mol. The maximum absolute atomic E-state index is 13.3. The Kier molecular flexibility index (Phi) is 7.03. The number of allylic oxidation sites excluding steroid dienone is 1. The molecule has 1 saturated carbocycles. The number of halogens is 1. The van der Waals surface area contributed by atoms with E-state index in [1.165, 1.54) is 29.3 Å². The van der Waals surface area contributed by atoms with Crippen LogP contribution in [0.25, 0.3) is 6.08 Å². The van der Waals surface area contributed by atoms with Crippen molar-refractivity contribution in [2.45, 2.75) is 31.7 Å². The van der Waals surface area contributed by atoms with Crippen LogP contribution >= 0.6 is 0 Å². The Morgan fingerprint density at radius 2 is 1.67 bits per heavy atom. The van der Waals surface area contributed by atoms with Crippen LogP contribution in [0.5, 0.6) is 0 Å². The van der Waals surface area contributed by atoms with E-state index in [9.17, 15) is 14.0 Å². The van der Waals surface area contributed by atoms with Crippen LogP contribution in [0.3, 0.4) is 0 Å². The molecule has 3 aromatic rings. The Morgan fingerprint density at radius 1 is 0.972 bits per heavy atom. The van der Waals surface area contributed by atoms with Gasteiger partial charge in [0.15, 0.2) is 6.61 Å². The topological polar surface area (TPSA) is 59.0 Å². The van der Waals surface area contributed by atoms with Gasteiger partial charge in [0.05, 0.1) is 18.2 Å². The van der Waals surface area contributed by atoms with E-state index >= 15 is 0 Å². The van der Waals surface area contributed by atoms with Gasteiger partial charge in [-0.25, -0.2) is 9.40 Å². The molecule has 6 heteroatoms. The van der Waals surface area contributed by atoms with Crippen molar-refractivity contribution >= 4 is 23.7 Å². The summed E-state index contributed by atoms with van der Waals surface area (Å²) in [6.45, 7) is -0.398. The summed E-state index contributed by atoms with van der Waals surface area (Å²) in [7, 11) is 0. The van der Waals surface area contributed by atoms with Gasteiger partial charge in [-0.15, -0.1) is 0 Å². The first-order chi connectivity index (χ1) is 17.6. The van der Waals surface area contributed by atoms with Crippen molar-refractivity contribution in [1.82, 2.24) is 5.01 Å². The third-order valence-corrected chi connectivity index (χ3v) is 6.66. The number of carbonyl (C=O) groups excluding carboxylic acids is 2. The smallest absolute Gasteiger partial charge is 0.310 e. The Hall–Kier alpha value is -4.06. The highest BCUT2D eigenvalue weighted by molar-refractivity contribution is 6.08. The summed E-state index contributed by atoms with van der Waals surface area (Å²) in [6.07, 6.45) is 4.97. The van der Waals surface area contributed by atoms with Crippen molar-refractivity contribution in [3.63, 3.8) is 0 Å². The van der Waals surface area contributed by atoms with Gasteiger partial charge in [0.2, 0.25) is 0 Å². The van der Waals surface area contributed by atoms with E-state index in [4.69, 9.17) is 9.84 Å². The maximum atomic E-state index is 13.3. The number of nitrogens with zero attached hydrogens (tertiary/aromatic N) is 2. The van der Waals surface area contributed by atoms with Gasteiger partial charge in [-0.1, -0.05) is 72.8 Å². The zero-order valence-electron chi connectivity index (χ0n) is 19.8. The van der Waals surface area contributed by atoms with Gasteiger partial charge < -0.3 is 4.74 Å². The van der Waals surface area contributed by atoms with Crippen LogP contribution in [-0.2, 0) is 20.7 Å². The van der Waals surface area contributed by atoms with Crippen LogP contribution in [0.15, 0.2) is 95.6 Å². The highest BCUT2D eigenvalue weighted by Crippen LogP contribution is 2.44. The number of hydrazone groups is 1. The first kappa shape index (κ1) is 23.7. The van der Waals surface area contributed by atoms with E-state index in [-0.39, 0.29) is 30.1 Å². The highest BCUT2D eigenvalue weighted by Gasteiger charge is 2.43. The molecule has 1 amide bonds. The van der Waals surface area contributed by atoms with E-state index in [1.54, 1.807) is 0 Å². The Labute approximate surface area is 209 Å². The van der Waals surface area contributed by atoms with Crippen molar-refractivity contribution < 1.29 is 18.7 Å². The number of hydrogen-bond acceptors (Lipinski definition) is 4. The molecule has 0 bridgehead atoms. The average molecular weight is 483 g/mol. The molecule has 36 heavy (non-hydrogen) atoms. The predicted octanol–water partition coefficient (Wildman–Crippen LogP) is 5.73. The lowest BCUT2D eigenvalue weighted by atomic mass is 9.77. The van der Waals surface area contributed by atoms with Crippen LogP contribution in [0, 0.1) is 11.7 Å². The molecule has 182 valence electrons. The summed E-state index contributed by atoms with van der Waals surface area (Å²) < 4.78 is 18.4. The van der Waals surface area contributed by atoms with Crippen molar-refractivity contribution in [2.24, 2.45) is 11.0 Å². The minimum Gasteiger partial charge on any atom is -0.455 e. The number of esters is 1. The quantitative estimate of drug-likeness (QED) is 0.422. The average Bonchev–Trinajstić information content (AvgIpc) is 3.31. The fourth-order valence-electron chi connectivity index (χ4n) is 4.97. The molecule has 0 unspecified atom stereocenters. The molecule has 0 radical (unpaired) electrons. The lowest BCUT2D eigenvalue weighted by molar-refractivity contribution is -0.152. The van der Waals surface area contributed by atoms with E-state index < -0.39 is 12.6 Å². The lowest BCUT2D eigenvalue weighted by Gasteiger charge is -2.29. The van der Waals surface area contributed by atoms with E-state index in [1.807, 2.05) is 48.5 Å². The highest BCUT2D eigenvalue weighted by atomic mass is 19.1. The normalized spacial score (nSPS) is 20.1. The first-order valence-corrected chi connectivity index (χ1v) is 12.2. The SMILES string of the molecule is O=C(Cc1ccc(F)cc1)OCC(=O)N1N=C2/C(=C\c3ccccc3)CCC[C@H]2[C@H]1c1ccccc1. The zero-order chi connectivity index (χ0) is 24.9. The molecular weight excluding hydrogens is 455 g/mol. The molecule has 1 fully saturated rings. The van der Waals surface area contributed by atoms with Gasteiger partial charge in [0, 0.05) is 5.92 Å². The van der Waals surface area contributed by atoms with Crippen LogP contribution in [-0.4, -0.2) is 29.2 Å². The summed E-state index contributed by atoms with van der Waals surface area (Å²) >= 11 is 0. The fraction of sp³-hybridized carbons (Fsp3) is 0.233. The summed E-state index contributed by atoms with van der Waals surface area (Å²) in [4.78, 5) is 25.7. The van der Waals surface area contributed by atoms with Crippen molar-refractivity contribution in [3.8, 4) is 0 Å². The van der Waals surface area contributed by atoms with Gasteiger partial charge in [0.25, 0.3) is 5.91 Å². The number of amides is 1. The molecule has 0 saturated heterocycles. The fourth-order valence-corrected chi connectivity index (χ4v) is 4.97. The molecular formula is C30H27FN2O3. The summed E-state index contributed by atoms with van der Waals surface area (Å²) in [5.41, 5.74) is 4.81. The number of hydrogen-bond donors (Lipinski definition) is 0. The number of benzene rings is 3. The number of ether oxygens (including phenoxy) is 1. The molecule has 0 N–H and O–H groups in total. The summed E-state index contributed by atoms with van der Waals surface area (Å²) in [5, 5.41) is 6.32. The van der Waals surface area contributed by atoms with Gasteiger partial charge in [-0.05, 0) is 59.7 Å². The second-order valence-electron chi connectivity index (χ2n) is 9.12. The van der Waals surface area contributed by atoms with Crippen LogP contribution in [0.4, 0.5) is 4.39 Å². The van der Waals surface area contributed by atoms with Crippen LogP contribution in [0.2, 0.25) is 0 Å². The van der Waals surface area contributed by atoms with Gasteiger partial charge in [-0.2, -0.15) is 5.10 Å². The third kappa shape index (κ3) is 5.28. The van der Waals surface area contributed by atoms with Crippen molar-refractivity contribution in [3.05, 3.63) is 113 Å². The van der Waals surface area contributed by atoms with E-state index in [0.717, 1.165) is 41.7 Å². The Bertz CT molecular complexity index is 1290. The largest absolute Gasteiger partial charge is 0.455 e. The molecule has 5 nitrogen and oxygen atoms in total. The summed E-state index contributed by atoms with van der Waals surface area (Å²) in [6, 6.07) is 25.4. The van der Waals surface area contributed by atoms with Crippen molar-refractivity contribution in [1.29, 1.82) is 0 Å². The molecule has 2 atom stereocenters. The van der Waals surface area contributed by atoms with Crippen LogP contribution in [0.1, 0.15) is 42.0 Å². The minimum atomic E-state index is -0.542. The van der Waals surface area contributed by atoms with Crippen molar-refractivity contribution in [2.75, 3.05) is 6.61 Å². The van der Waals surface area contributed by atoms with E-state index in [0.29, 0.717) is 5.56 Å². The second-order valence-corrected chi connectivity index (χ2v) is 9.12. The minimum absolute atomic E-state index is 0.0310. The Morgan fingerprint density at radius 3 is 2.39 bits per heavy atom. The third-order valence-electron chi connectivity index (χ3n) is 6.66. The van der Waals surface area contributed by atoms with Gasteiger partial charge in [-0.3, -0.25) is 9.59 Å². The second kappa shape index (κ2) is 10.7. The molecule has 5 rings (SSSR count). The molecule has 1 aliphatic carbocycles. The predicted molar refractivity (Wildman–Crippen MR) is 136 cm³/mol. The molecule has 0 aromatic heterocycles. The van der Waals surface area contributed by atoms with Crippen LogP contribution < -0.4 is 0 Å². The standard InChI is InChI=1S/C30H27FN2O3/c31-25-16-14-22(15-17-25)19-28(35)36-20-27(34)33-30(23-10-5-2-6-11-23)26-13-7-12-24(29(26)32-33)18-21-8-3-1-4-9-21/h1-6,8-11,14-18,26,30H,7,12-13,19-20H2/b24-18-/t26-,30-/m1/s1.